The maximum atomic E-state index is 3.73. The number of nitrogens with zero attached hydrogens (tertiary/aromatic N) is 1. The molecule has 0 atom stereocenters. The summed E-state index contributed by atoms with van der Waals surface area (Å²) in [5.41, 5.74) is 2.85. The molecule has 1 aliphatic rings. The summed E-state index contributed by atoms with van der Waals surface area (Å²) in [5, 5.41) is 5.92. The van der Waals surface area contributed by atoms with Gasteiger partial charge in [0.1, 0.15) is 0 Å². The van der Waals surface area contributed by atoms with Crippen molar-refractivity contribution in [1.82, 2.24) is 10.2 Å². The van der Waals surface area contributed by atoms with Crippen LogP contribution in [-0.2, 0) is 13.1 Å². The minimum atomic E-state index is 0. The minimum Gasteiger partial charge on any atom is -0.309 e. The summed E-state index contributed by atoms with van der Waals surface area (Å²) < 4.78 is 0. The van der Waals surface area contributed by atoms with Crippen molar-refractivity contribution in [2.45, 2.75) is 38.9 Å². The first kappa shape index (κ1) is 20.5. The maximum Gasteiger partial charge on any atom is 0.0304 e. The van der Waals surface area contributed by atoms with E-state index in [1.165, 1.54) is 41.9 Å². The van der Waals surface area contributed by atoms with Crippen molar-refractivity contribution >= 4 is 36.2 Å². The Hall–Kier alpha value is -0.580. The highest BCUT2D eigenvalue weighted by molar-refractivity contribution is 7.10. The van der Waals surface area contributed by atoms with Crippen LogP contribution in [0.5, 0.6) is 0 Å². The van der Waals surface area contributed by atoms with Gasteiger partial charge >= 0.3 is 0 Å². The van der Waals surface area contributed by atoms with E-state index in [0.29, 0.717) is 6.04 Å². The molecule has 0 saturated carbocycles. The molecule has 2 aromatic rings. The number of likely N-dealkylation sites (tertiary alicyclic amines) is 1. The van der Waals surface area contributed by atoms with Crippen LogP contribution in [0.4, 0.5) is 0 Å². The zero-order valence-electron chi connectivity index (χ0n) is 13.5. The maximum absolute atomic E-state index is 3.73. The molecule has 0 aliphatic carbocycles. The molecule has 0 bridgehead atoms. The summed E-state index contributed by atoms with van der Waals surface area (Å²) in [5.74, 6) is 0. The van der Waals surface area contributed by atoms with Crippen molar-refractivity contribution in [3.63, 3.8) is 0 Å². The summed E-state index contributed by atoms with van der Waals surface area (Å²) in [7, 11) is 0. The highest BCUT2D eigenvalue weighted by atomic mass is 35.5. The first-order valence-electron chi connectivity index (χ1n) is 7.84. The van der Waals surface area contributed by atoms with E-state index in [-0.39, 0.29) is 24.8 Å². The van der Waals surface area contributed by atoms with E-state index >= 15 is 0 Å². The summed E-state index contributed by atoms with van der Waals surface area (Å²) in [6.45, 7) is 6.74. The lowest BCUT2D eigenvalue weighted by molar-refractivity contribution is 0.190. The van der Waals surface area contributed by atoms with Crippen LogP contribution in [0.2, 0.25) is 0 Å². The predicted molar refractivity (Wildman–Crippen MR) is 105 cm³/mol. The topological polar surface area (TPSA) is 15.3 Å². The largest absolute Gasteiger partial charge is 0.309 e. The van der Waals surface area contributed by atoms with Crippen LogP contribution < -0.4 is 5.32 Å². The van der Waals surface area contributed by atoms with E-state index < -0.39 is 0 Å². The molecule has 0 unspecified atom stereocenters. The average Bonchev–Trinajstić information content (AvgIpc) is 2.93. The van der Waals surface area contributed by atoms with Gasteiger partial charge in [-0.1, -0.05) is 30.3 Å². The number of thiophene rings is 1. The highest BCUT2D eigenvalue weighted by Gasteiger charge is 2.18. The molecule has 1 aromatic heterocycles. The van der Waals surface area contributed by atoms with Gasteiger partial charge in [0.2, 0.25) is 0 Å². The lowest BCUT2D eigenvalue weighted by Gasteiger charge is -2.32. The van der Waals surface area contributed by atoms with Gasteiger partial charge in [-0.2, -0.15) is 0 Å². The zero-order valence-corrected chi connectivity index (χ0v) is 16.0. The Morgan fingerprint density at radius 2 is 1.78 bits per heavy atom. The number of halogens is 2. The van der Waals surface area contributed by atoms with Gasteiger partial charge in [-0.3, -0.25) is 4.90 Å². The Labute approximate surface area is 156 Å². The molecule has 1 saturated heterocycles. The van der Waals surface area contributed by atoms with Gasteiger partial charge in [-0.05, 0) is 55.4 Å². The smallest absolute Gasteiger partial charge is 0.0304 e. The van der Waals surface area contributed by atoms with Crippen molar-refractivity contribution < 1.29 is 0 Å². The molecule has 2 nitrogen and oxygen atoms in total. The normalized spacial score (nSPS) is 15.7. The Balaban J connectivity index is 0.00000132. The fraction of sp³-hybridized carbons (Fsp3) is 0.444. The third-order valence-electron chi connectivity index (χ3n) is 4.36. The summed E-state index contributed by atoms with van der Waals surface area (Å²) in [6.07, 6.45) is 2.52. The molecule has 23 heavy (non-hydrogen) atoms. The fourth-order valence-corrected chi connectivity index (χ4v) is 3.82. The van der Waals surface area contributed by atoms with E-state index in [1.807, 2.05) is 11.3 Å². The SMILES string of the molecule is Cc1ccsc1CNC1CCN(Cc2ccccc2)CC1.Cl.Cl. The summed E-state index contributed by atoms with van der Waals surface area (Å²) >= 11 is 1.87. The van der Waals surface area contributed by atoms with Gasteiger partial charge in [0.15, 0.2) is 0 Å². The minimum absolute atomic E-state index is 0. The van der Waals surface area contributed by atoms with E-state index in [1.54, 1.807) is 0 Å². The molecule has 5 heteroatoms. The molecule has 1 aromatic carbocycles. The van der Waals surface area contributed by atoms with Crippen molar-refractivity contribution in [3.8, 4) is 0 Å². The van der Waals surface area contributed by atoms with Crippen molar-refractivity contribution in [2.75, 3.05) is 13.1 Å². The van der Waals surface area contributed by atoms with Gasteiger partial charge in [-0.15, -0.1) is 36.2 Å². The van der Waals surface area contributed by atoms with E-state index in [2.05, 4.69) is 58.9 Å². The lowest BCUT2D eigenvalue weighted by Crippen LogP contribution is -2.41. The van der Waals surface area contributed by atoms with Gasteiger partial charge < -0.3 is 5.32 Å². The second-order valence-corrected chi connectivity index (χ2v) is 6.94. The highest BCUT2D eigenvalue weighted by Crippen LogP contribution is 2.18. The average molecular weight is 373 g/mol. The van der Waals surface area contributed by atoms with Crippen LogP contribution in [0.1, 0.15) is 28.8 Å². The molecule has 1 aliphatic heterocycles. The lowest BCUT2D eigenvalue weighted by atomic mass is 10.0. The fourth-order valence-electron chi connectivity index (χ4n) is 2.96. The van der Waals surface area contributed by atoms with Crippen LogP contribution in [-0.4, -0.2) is 24.0 Å². The van der Waals surface area contributed by atoms with E-state index in [9.17, 15) is 0 Å². The Bertz CT molecular complexity index is 551. The first-order valence-corrected chi connectivity index (χ1v) is 8.72. The third-order valence-corrected chi connectivity index (χ3v) is 5.38. The number of benzene rings is 1. The van der Waals surface area contributed by atoms with Crippen molar-refractivity contribution in [2.24, 2.45) is 0 Å². The second-order valence-electron chi connectivity index (χ2n) is 5.94. The predicted octanol–water partition coefficient (Wildman–Crippen LogP) is 4.65. The zero-order chi connectivity index (χ0) is 14.5. The van der Waals surface area contributed by atoms with Crippen LogP contribution in [0, 0.1) is 6.92 Å². The Morgan fingerprint density at radius 1 is 1.09 bits per heavy atom. The van der Waals surface area contributed by atoms with Crippen LogP contribution in [0.25, 0.3) is 0 Å². The van der Waals surface area contributed by atoms with Crippen LogP contribution in [0.15, 0.2) is 41.8 Å². The molecule has 0 amide bonds. The third kappa shape index (κ3) is 6.09. The number of aryl methyl sites for hydroxylation is 1. The number of hydrogen-bond acceptors (Lipinski definition) is 3. The Morgan fingerprint density at radius 3 is 2.39 bits per heavy atom. The summed E-state index contributed by atoms with van der Waals surface area (Å²) in [6, 6.07) is 13.7. The van der Waals surface area contributed by atoms with Gasteiger partial charge in [0, 0.05) is 24.0 Å². The number of piperidine rings is 1. The molecule has 0 radical (unpaired) electrons. The quantitative estimate of drug-likeness (QED) is 0.821. The van der Waals surface area contributed by atoms with Gasteiger partial charge in [0.05, 0.1) is 0 Å². The van der Waals surface area contributed by atoms with Crippen molar-refractivity contribution in [3.05, 3.63) is 57.8 Å². The van der Waals surface area contributed by atoms with Crippen molar-refractivity contribution in [1.29, 1.82) is 0 Å². The van der Waals surface area contributed by atoms with E-state index in [4.69, 9.17) is 0 Å². The molecular formula is C18H26Cl2N2S. The Kier molecular flexibility index (Phi) is 9.18. The van der Waals surface area contributed by atoms with Crippen LogP contribution in [0.3, 0.4) is 0 Å². The molecule has 1 fully saturated rings. The first-order chi connectivity index (χ1) is 10.3. The molecule has 128 valence electrons. The molecule has 1 N–H and O–H groups in total. The van der Waals surface area contributed by atoms with E-state index in [0.717, 1.165) is 13.1 Å². The number of hydrogen-bond donors (Lipinski definition) is 1. The number of nitrogens with one attached hydrogen (secondary N) is 1. The number of rotatable bonds is 5. The molecule has 3 rings (SSSR count). The molecule has 0 spiro atoms. The standard InChI is InChI=1S/C18H24N2S.2ClH/c1-15-9-12-21-18(15)13-19-17-7-10-20(11-8-17)14-16-5-3-2-4-6-16;;/h2-6,9,12,17,19H,7-8,10-11,13-14H2,1H3;2*1H. The van der Waals surface area contributed by atoms with Gasteiger partial charge in [0.25, 0.3) is 0 Å². The monoisotopic (exact) mass is 372 g/mol. The summed E-state index contributed by atoms with van der Waals surface area (Å²) in [4.78, 5) is 4.06. The van der Waals surface area contributed by atoms with Gasteiger partial charge in [-0.25, -0.2) is 0 Å². The molecular weight excluding hydrogens is 347 g/mol. The second kappa shape index (κ2) is 10.3. The van der Waals surface area contributed by atoms with Crippen LogP contribution >= 0.6 is 36.2 Å². The molecule has 2 heterocycles.